The van der Waals surface area contributed by atoms with Gasteiger partial charge in [0, 0.05) is 21.9 Å². The van der Waals surface area contributed by atoms with Crippen LogP contribution in [-0.4, -0.2) is 0 Å². The standard InChI is InChI=1S/C28H10F2N4O/c29-27-19(13-33)5-15(11-31)7-21(27)17-1-3-25-23(9-17)24-10-18(2-4-26(24)35-25)22-8-16(12-32)6-20(14-34)28(22)30/h1-10H. The molecule has 0 saturated carbocycles. The molecule has 1 heterocycles. The summed E-state index contributed by atoms with van der Waals surface area (Å²) in [7, 11) is 0. The quantitative estimate of drug-likeness (QED) is 0.294. The van der Waals surface area contributed by atoms with Gasteiger partial charge in [0.2, 0.25) is 0 Å². The molecule has 0 saturated heterocycles. The maximum atomic E-state index is 14.9. The summed E-state index contributed by atoms with van der Waals surface area (Å²) in [4.78, 5) is 0. The van der Waals surface area contributed by atoms with Crippen LogP contribution in [0.5, 0.6) is 0 Å². The van der Waals surface area contributed by atoms with E-state index in [9.17, 15) is 29.8 Å². The normalized spacial score (nSPS) is 10.5. The Bertz CT molecular complexity index is 1740. The Hall–Kier alpha value is -5.50. The first-order valence-electron chi connectivity index (χ1n) is 10.2. The number of nitriles is 4. The van der Waals surface area contributed by atoms with Crippen LogP contribution >= 0.6 is 0 Å². The Labute approximate surface area is 197 Å². The van der Waals surface area contributed by atoms with Gasteiger partial charge in [0.1, 0.15) is 34.9 Å². The van der Waals surface area contributed by atoms with Gasteiger partial charge in [0.25, 0.3) is 0 Å². The molecule has 0 aliphatic carbocycles. The van der Waals surface area contributed by atoms with E-state index in [4.69, 9.17) is 4.42 Å². The number of hydrogen-bond donors (Lipinski definition) is 0. The number of benzene rings is 4. The lowest BCUT2D eigenvalue weighted by atomic mass is 9.96. The van der Waals surface area contributed by atoms with Gasteiger partial charge in [0.15, 0.2) is 0 Å². The third-order valence-electron chi connectivity index (χ3n) is 5.74. The molecular weight excluding hydrogens is 446 g/mol. The van der Waals surface area contributed by atoms with Gasteiger partial charge >= 0.3 is 0 Å². The van der Waals surface area contributed by atoms with Crippen molar-refractivity contribution in [3.8, 4) is 46.5 Å². The Morgan fingerprint density at radius 3 is 1.34 bits per heavy atom. The summed E-state index contributed by atoms with van der Waals surface area (Å²) in [5, 5.41) is 38.2. The molecule has 0 amide bonds. The van der Waals surface area contributed by atoms with Crippen molar-refractivity contribution in [1.82, 2.24) is 0 Å². The Morgan fingerprint density at radius 1 is 0.543 bits per heavy atom. The minimum Gasteiger partial charge on any atom is -0.456 e. The summed E-state index contributed by atoms with van der Waals surface area (Å²) < 4.78 is 35.8. The molecule has 5 nitrogen and oxygen atoms in total. The van der Waals surface area contributed by atoms with Crippen LogP contribution in [0.1, 0.15) is 22.3 Å². The highest BCUT2D eigenvalue weighted by atomic mass is 19.1. The van der Waals surface area contributed by atoms with E-state index in [1.165, 1.54) is 24.3 Å². The van der Waals surface area contributed by atoms with Gasteiger partial charge in [-0.1, -0.05) is 12.1 Å². The van der Waals surface area contributed by atoms with Crippen molar-refractivity contribution in [2.24, 2.45) is 0 Å². The lowest BCUT2D eigenvalue weighted by molar-refractivity contribution is 0.627. The van der Waals surface area contributed by atoms with Gasteiger partial charge < -0.3 is 4.42 Å². The van der Waals surface area contributed by atoms with Crippen LogP contribution in [0.3, 0.4) is 0 Å². The Balaban J connectivity index is 1.75. The van der Waals surface area contributed by atoms with Crippen molar-refractivity contribution in [2.45, 2.75) is 0 Å². The van der Waals surface area contributed by atoms with Crippen LogP contribution in [0.2, 0.25) is 0 Å². The molecule has 0 aliphatic heterocycles. The number of halogens is 2. The van der Waals surface area contributed by atoms with E-state index in [-0.39, 0.29) is 33.4 Å². The maximum Gasteiger partial charge on any atom is 0.148 e. The van der Waals surface area contributed by atoms with Crippen molar-refractivity contribution in [3.05, 3.63) is 94.6 Å². The summed E-state index contributed by atoms with van der Waals surface area (Å²) >= 11 is 0. The second-order valence-electron chi connectivity index (χ2n) is 7.74. The molecule has 7 heteroatoms. The Morgan fingerprint density at radius 2 is 0.971 bits per heavy atom. The lowest BCUT2D eigenvalue weighted by Crippen LogP contribution is -1.92. The molecule has 1 aromatic heterocycles. The number of rotatable bonds is 2. The third kappa shape index (κ3) is 3.42. The number of hydrogen-bond acceptors (Lipinski definition) is 5. The van der Waals surface area contributed by atoms with Crippen molar-refractivity contribution in [1.29, 1.82) is 21.0 Å². The third-order valence-corrected chi connectivity index (χ3v) is 5.74. The van der Waals surface area contributed by atoms with E-state index in [0.717, 1.165) is 0 Å². The summed E-state index contributed by atoms with van der Waals surface area (Å²) in [6.45, 7) is 0. The van der Waals surface area contributed by atoms with Gasteiger partial charge in [-0.2, -0.15) is 21.0 Å². The molecule has 0 atom stereocenters. The van der Waals surface area contributed by atoms with E-state index in [1.54, 1.807) is 48.5 Å². The highest BCUT2D eigenvalue weighted by molar-refractivity contribution is 6.07. The molecular formula is C28H10F2N4O. The molecule has 0 radical (unpaired) electrons. The van der Waals surface area contributed by atoms with Gasteiger partial charge in [-0.15, -0.1) is 0 Å². The molecule has 162 valence electrons. The minimum atomic E-state index is -0.737. The number of fused-ring (bicyclic) bond motifs is 3. The fourth-order valence-corrected chi connectivity index (χ4v) is 4.07. The first-order chi connectivity index (χ1) is 17.0. The molecule has 0 bridgehead atoms. The van der Waals surface area contributed by atoms with Gasteiger partial charge in [0.05, 0.1) is 34.4 Å². The highest BCUT2D eigenvalue weighted by Gasteiger charge is 2.17. The van der Waals surface area contributed by atoms with Crippen LogP contribution in [0.4, 0.5) is 8.78 Å². The molecule has 5 rings (SSSR count). The molecule has 0 aliphatic rings. The van der Waals surface area contributed by atoms with Crippen LogP contribution < -0.4 is 0 Å². The zero-order valence-electron chi connectivity index (χ0n) is 17.7. The summed E-state index contributed by atoms with van der Waals surface area (Å²) in [6.07, 6.45) is 0. The topological polar surface area (TPSA) is 108 Å². The average Bonchev–Trinajstić information content (AvgIpc) is 3.26. The zero-order valence-corrected chi connectivity index (χ0v) is 17.7. The summed E-state index contributed by atoms with van der Waals surface area (Å²) in [6, 6.07) is 22.4. The zero-order chi connectivity index (χ0) is 24.7. The number of nitrogens with zero attached hydrogens (tertiary/aromatic N) is 4. The van der Waals surface area contributed by atoms with E-state index < -0.39 is 11.6 Å². The molecule has 5 aromatic rings. The molecule has 0 unspecified atom stereocenters. The first kappa shape index (κ1) is 21.4. The van der Waals surface area contributed by atoms with Crippen molar-refractivity contribution in [3.63, 3.8) is 0 Å². The van der Waals surface area contributed by atoms with Gasteiger partial charge in [-0.25, -0.2) is 8.78 Å². The van der Waals surface area contributed by atoms with Crippen molar-refractivity contribution >= 4 is 21.9 Å². The Kier molecular flexibility index (Phi) is 4.96. The summed E-state index contributed by atoms with van der Waals surface area (Å²) in [5.41, 5.74) is 1.89. The monoisotopic (exact) mass is 456 g/mol. The summed E-state index contributed by atoms with van der Waals surface area (Å²) in [5.74, 6) is -1.47. The maximum absolute atomic E-state index is 14.9. The molecule has 0 fully saturated rings. The molecule has 4 aromatic carbocycles. The van der Waals surface area contributed by atoms with Crippen LogP contribution in [0, 0.1) is 57.0 Å². The average molecular weight is 456 g/mol. The smallest absolute Gasteiger partial charge is 0.148 e. The van der Waals surface area contributed by atoms with E-state index in [2.05, 4.69) is 0 Å². The van der Waals surface area contributed by atoms with Crippen LogP contribution in [0.15, 0.2) is 65.1 Å². The highest BCUT2D eigenvalue weighted by Crippen LogP contribution is 2.37. The second kappa shape index (κ2) is 8.13. The number of furan rings is 1. The minimum absolute atomic E-state index is 0.0967. The largest absolute Gasteiger partial charge is 0.456 e. The van der Waals surface area contributed by atoms with E-state index >= 15 is 0 Å². The van der Waals surface area contributed by atoms with Crippen molar-refractivity contribution in [2.75, 3.05) is 0 Å². The van der Waals surface area contributed by atoms with E-state index in [1.807, 2.05) is 12.1 Å². The first-order valence-corrected chi connectivity index (χ1v) is 10.2. The lowest BCUT2D eigenvalue weighted by Gasteiger charge is -2.07. The van der Waals surface area contributed by atoms with Gasteiger partial charge in [-0.05, 0) is 59.7 Å². The van der Waals surface area contributed by atoms with Crippen LogP contribution in [0.25, 0.3) is 44.2 Å². The SMILES string of the molecule is N#Cc1cc(C#N)c(F)c(-c2ccc3oc4ccc(-c5cc(C#N)cc(C#N)c5F)cc4c3c2)c1. The van der Waals surface area contributed by atoms with Crippen LogP contribution in [-0.2, 0) is 0 Å². The fraction of sp³-hybridized carbons (Fsp3) is 0. The second-order valence-corrected chi connectivity index (χ2v) is 7.74. The fourth-order valence-electron chi connectivity index (χ4n) is 4.07. The van der Waals surface area contributed by atoms with E-state index in [0.29, 0.717) is 33.1 Å². The predicted octanol–water partition coefficient (Wildman–Crippen LogP) is 6.68. The molecule has 0 spiro atoms. The predicted molar refractivity (Wildman–Crippen MR) is 123 cm³/mol. The molecule has 0 N–H and O–H groups in total. The van der Waals surface area contributed by atoms with Gasteiger partial charge in [-0.3, -0.25) is 0 Å². The van der Waals surface area contributed by atoms with Crippen molar-refractivity contribution < 1.29 is 13.2 Å². The molecule has 35 heavy (non-hydrogen) atoms.